The molecule has 0 aromatic heterocycles. The highest BCUT2D eigenvalue weighted by Gasteiger charge is 2.30. The fraction of sp³-hybridized carbons (Fsp3) is 0.208. The van der Waals surface area contributed by atoms with Crippen molar-refractivity contribution in [2.75, 3.05) is 25.1 Å². The van der Waals surface area contributed by atoms with Crippen LogP contribution in [0.2, 0.25) is 0 Å². The lowest BCUT2D eigenvalue weighted by Gasteiger charge is -2.26. The third-order valence-electron chi connectivity index (χ3n) is 4.95. The van der Waals surface area contributed by atoms with Crippen LogP contribution in [0.4, 0.5) is 10.1 Å². The van der Waals surface area contributed by atoms with E-state index in [2.05, 4.69) is 5.32 Å². The number of nitrogens with one attached hydrogen (secondary N) is 1. The Balaban J connectivity index is 1.96. The number of methoxy groups -OCH3 is 2. The molecule has 1 amide bonds. The van der Waals surface area contributed by atoms with Crippen molar-refractivity contribution in [1.82, 2.24) is 5.32 Å². The van der Waals surface area contributed by atoms with Crippen LogP contribution in [0.25, 0.3) is 0 Å². The van der Waals surface area contributed by atoms with Crippen LogP contribution in [-0.4, -0.2) is 35.1 Å². The number of carbonyl (C=O) groups is 1. The Morgan fingerprint density at radius 3 is 2.24 bits per heavy atom. The maximum atomic E-state index is 13.6. The van der Waals surface area contributed by atoms with Crippen molar-refractivity contribution in [3.63, 3.8) is 0 Å². The van der Waals surface area contributed by atoms with E-state index in [1.54, 1.807) is 36.4 Å². The number of carbonyl (C=O) groups excluding carboxylic acids is 1. The number of rotatable bonds is 9. The quantitative estimate of drug-likeness (QED) is 0.514. The van der Waals surface area contributed by atoms with E-state index in [-0.39, 0.29) is 28.7 Å². The molecule has 0 aliphatic heterocycles. The molecule has 0 radical (unpaired) electrons. The van der Waals surface area contributed by atoms with Crippen molar-refractivity contribution in [2.24, 2.45) is 0 Å². The Labute approximate surface area is 192 Å². The third kappa shape index (κ3) is 5.81. The molecular weight excluding hydrogens is 447 g/mol. The van der Waals surface area contributed by atoms with Crippen LogP contribution >= 0.6 is 0 Å². The number of halogens is 1. The molecule has 0 fully saturated rings. The molecular formula is C24H25FN2O5S. The number of sulfonamides is 1. The molecule has 3 rings (SSSR count). The van der Waals surface area contributed by atoms with Gasteiger partial charge in [-0.05, 0) is 48.9 Å². The van der Waals surface area contributed by atoms with E-state index in [0.717, 1.165) is 9.87 Å². The van der Waals surface area contributed by atoms with Gasteiger partial charge in [0.1, 0.15) is 23.9 Å². The normalized spacial score (nSPS) is 11.0. The number of aryl methyl sites for hydroxylation is 1. The molecule has 1 N–H and O–H groups in total. The van der Waals surface area contributed by atoms with E-state index < -0.39 is 22.5 Å². The summed E-state index contributed by atoms with van der Waals surface area (Å²) in [5.41, 5.74) is 1.74. The van der Waals surface area contributed by atoms with Crippen LogP contribution in [0.1, 0.15) is 11.1 Å². The van der Waals surface area contributed by atoms with Crippen molar-refractivity contribution >= 4 is 21.6 Å². The summed E-state index contributed by atoms with van der Waals surface area (Å²) in [5, 5.41) is 2.68. The number of nitrogens with zero attached hydrogens (tertiary/aromatic N) is 1. The second kappa shape index (κ2) is 10.4. The first-order chi connectivity index (χ1) is 15.7. The molecule has 33 heavy (non-hydrogen) atoms. The number of hydrogen-bond acceptors (Lipinski definition) is 5. The molecule has 0 atom stereocenters. The van der Waals surface area contributed by atoms with Crippen LogP contribution < -0.4 is 19.1 Å². The minimum absolute atomic E-state index is 0.0318. The fourth-order valence-corrected chi connectivity index (χ4v) is 4.54. The van der Waals surface area contributed by atoms with Crippen molar-refractivity contribution < 1.29 is 27.1 Å². The van der Waals surface area contributed by atoms with Gasteiger partial charge in [-0.25, -0.2) is 12.8 Å². The number of amides is 1. The summed E-state index contributed by atoms with van der Waals surface area (Å²) in [6.07, 6.45) is 0. The minimum atomic E-state index is -4.12. The van der Waals surface area contributed by atoms with Gasteiger partial charge in [0.05, 0.1) is 24.8 Å². The molecule has 3 aromatic rings. The topological polar surface area (TPSA) is 84.9 Å². The predicted molar refractivity (Wildman–Crippen MR) is 124 cm³/mol. The largest absolute Gasteiger partial charge is 0.497 e. The zero-order chi connectivity index (χ0) is 24.0. The van der Waals surface area contributed by atoms with Crippen molar-refractivity contribution in [3.05, 3.63) is 83.7 Å². The molecule has 3 aromatic carbocycles. The highest BCUT2D eigenvalue weighted by Crippen LogP contribution is 2.35. The minimum Gasteiger partial charge on any atom is -0.497 e. The van der Waals surface area contributed by atoms with Crippen LogP contribution in [0.3, 0.4) is 0 Å². The second-order valence-corrected chi connectivity index (χ2v) is 9.13. The lowest BCUT2D eigenvalue weighted by atomic mass is 10.2. The highest BCUT2D eigenvalue weighted by molar-refractivity contribution is 7.92. The number of benzene rings is 3. The van der Waals surface area contributed by atoms with Crippen LogP contribution in [0.5, 0.6) is 11.5 Å². The molecule has 0 spiro atoms. The van der Waals surface area contributed by atoms with Crippen LogP contribution in [-0.2, 0) is 21.4 Å². The van der Waals surface area contributed by atoms with Crippen molar-refractivity contribution in [3.8, 4) is 11.5 Å². The molecule has 0 aliphatic rings. The van der Waals surface area contributed by atoms with E-state index in [4.69, 9.17) is 9.47 Å². The smallest absolute Gasteiger partial charge is 0.264 e. The molecule has 0 bridgehead atoms. The molecule has 0 saturated heterocycles. The van der Waals surface area contributed by atoms with Crippen LogP contribution in [0.15, 0.2) is 71.6 Å². The van der Waals surface area contributed by atoms with E-state index in [1.807, 2.05) is 6.92 Å². The molecule has 0 aliphatic carbocycles. The van der Waals surface area contributed by atoms with Gasteiger partial charge in [-0.1, -0.05) is 29.8 Å². The fourth-order valence-electron chi connectivity index (χ4n) is 3.12. The third-order valence-corrected chi connectivity index (χ3v) is 6.73. The summed E-state index contributed by atoms with van der Waals surface area (Å²) in [4.78, 5) is 12.8. The van der Waals surface area contributed by atoms with Gasteiger partial charge in [0.2, 0.25) is 5.91 Å². The SMILES string of the molecule is COc1ccc(OC)c(N(CC(=O)NCc2ccc(F)cc2)S(=O)(=O)c2ccc(C)cc2)c1. The van der Waals surface area contributed by atoms with Gasteiger partial charge in [-0.2, -0.15) is 0 Å². The summed E-state index contributed by atoms with van der Waals surface area (Å²) < 4.78 is 51.9. The van der Waals surface area contributed by atoms with Gasteiger partial charge in [-0.15, -0.1) is 0 Å². The van der Waals surface area contributed by atoms with E-state index in [9.17, 15) is 17.6 Å². The number of anilines is 1. The zero-order valence-corrected chi connectivity index (χ0v) is 19.4. The van der Waals surface area contributed by atoms with Gasteiger partial charge in [0.15, 0.2) is 0 Å². The Kier molecular flexibility index (Phi) is 7.55. The second-order valence-electron chi connectivity index (χ2n) is 7.27. The molecule has 0 saturated carbocycles. The Hall–Kier alpha value is -3.59. The standard InChI is InChI=1S/C24H25FN2O5S/c1-17-4-11-21(12-5-17)33(29,30)27(22-14-20(31-2)10-13-23(22)32-3)16-24(28)26-15-18-6-8-19(25)9-7-18/h4-14H,15-16H2,1-3H3,(H,26,28). The van der Waals surface area contributed by atoms with Gasteiger partial charge >= 0.3 is 0 Å². The van der Waals surface area contributed by atoms with Crippen LogP contribution in [0, 0.1) is 12.7 Å². The van der Waals surface area contributed by atoms with Gasteiger partial charge in [-0.3, -0.25) is 9.10 Å². The first-order valence-corrected chi connectivity index (χ1v) is 11.5. The van der Waals surface area contributed by atoms with Crippen molar-refractivity contribution in [1.29, 1.82) is 0 Å². The average molecular weight is 473 g/mol. The number of hydrogen-bond donors (Lipinski definition) is 1. The van der Waals surface area contributed by atoms with Gasteiger partial charge < -0.3 is 14.8 Å². The van der Waals surface area contributed by atoms with Crippen molar-refractivity contribution in [2.45, 2.75) is 18.4 Å². The monoisotopic (exact) mass is 472 g/mol. The zero-order valence-electron chi connectivity index (χ0n) is 18.5. The summed E-state index contributed by atoms with van der Waals surface area (Å²) in [7, 11) is -1.25. The lowest BCUT2D eigenvalue weighted by molar-refractivity contribution is -0.119. The summed E-state index contributed by atoms with van der Waals surface area (Å²) >= 11 is 0. The molecule has 174 valence electrons. The highest BCUT2D eigenvalue weighted by atomic mass is 32.2. The lowest BCUT2D eigenvalue weighted by Crippen LogP contribution is -2.40. The summed E-state index contributed by atoms with van der Waals surface area (Å²) in [6, 6.07) is 16.7. The Bertz CT molecular complexity index is 1210. The average Bonchev–Trinajstić information content (AvgIpc) is 2.82. The maximum absolute atomic E-state index is 13.6. The summed E-state index contributed by atoms with van der Waals surface area (Å²) in [5.74, 6) is -0.259. The van der Waals surface area contributed by atoms with Gasteiger partial charge in [0.25, 0.3) is 10.0 Å². The molecule has 9 heteroatoms. The Morgan fingerprint density at radius 2 is 1.64 bits per heavy atom. The van der Waals surface area contributed by atoms with E-state index in [1.165, 1.54) is 44.6 Å². The molecule has 7 nitrogen and oxygen atoms in total. The number of ether oxygens (including phenoxy) is 2. The first kappa shape index (κ1) is 24.1. The van der Waals surface area contributed by atoms with Gasteiger partial charge in [0, 0.05) is 12.6 Å². The van der Waals surface area contributed by atoms with E-state index in [0.29, 0.717) is 11.3 Å². The molecule has 0 unspecified atom stereocenters. The molecule has 0 heterocycles. The predicted octanol–water partition coefficient (Wildman–Crippen LogP) is 3.66. The first-order valence-electron chi connectivity index (χ1n) is 10.1. The summed E-state index contributed by atoms with van der Waals surface area (Å²) in [6.45, 7) is 1.47. The Morgan fingerprint density at radius 1 is 0.970 bits per heavy atom. The van der Waals surface area contributed by atoms with E-state index >= 15 is 0 Å². The maximum Gasteiger partial charge on any atom is 0.264 e.